The molecule has 0 saturated carbocycles. The van der Waals surface area contributed by atoms with Crippen LogP contribution >= 0.6 is 0 Å². The Morgan fingerprint density at radius 3 is 1.93 bits per heavy atom. The number of aryl methyl sites for hydroxylation is 1. The topological polar surface area (TPSA) is 731 Å². The van der Waals surface area contributed by atoms with E-state index in [-0.39, 0.29) is 159 Å². The molecule has 2 aromatic heterocycles. The summed E-state index contributed by atoms with van der Waals surface area (Å²) >= 11 is 0. The molecule has 2 aromatic carbocycles. The number of hydrogen-bond donors (Lipinski definition) is 22. The van der Waals surface area contributed by atoms with Gasteiger partial charge >= 0.3 is 5.97 Å². The Bertz CT molecular complexity index is 5020. The highest BCUT2D eigenvalue weighted by Gasteiger charge is 2.45. The van der Waals surface area contributed by atoms with Crippen LogP contribution in [0.5, 0.6) is 0 Å². The second kappa shape index (κ2) is 66.7. The first-order valence-electron chi connectivity index (χ1n) is 51.3. The SMILES string of the molecule is CCCC[C@H](NC(=O)[C@H](CC1=CCC=N1)NC(=O)[C@H](CN)NC(=O)[C@@H](CO)NC(=O)[C@H](CCC(N)=O)NC(=O)CNC(=O)COCCOCCNC(=O)[C@H](CCC(=O)O)CC(=O)CC(C)CCCCCCCCCCCCCc1nnn[nH]1)C(=O)N[C@H]1CCC(=O)CCCCC[C@@H](C(C)=O)NC(=O)[C@H](Cc2c[nH]c3ccccc23)NC(=O)[C@H](CCCNC(=N)N)NC(=O)[C@@H](Cc2ccccc2)NC(=O)[C@@H]2C[C@@H](O)CN2C1=O. The first-order chi connectivity index (χ1) is 70.6. The summed E-state index contributed by atoms with van der Waals surface area (Å²) in [6.07, 6.45) is 16.9. The molecule has 810 valence electrons. The number of aliphatic hydroxyl groups excluding tert-OH is 2. The number of carbonyl (C=O) groups excluding carboxylic acids is 17. The number of allylic oxidation sites excluding steroid dienone is 1. The number of ether oxygens (including phenoxy) is 2. The van der Waals surface area contributed by atoms with Gasteiger partial charge in [-0.15, -0.1) is 5.10 Å². The van der Waals surface area contributed by atoms with Gasteiger partial charge in [-0.05, 0) is 98.2 Å². The maximum absolute atomic E-state index is 15.4. The fourth-order valence-corrected chi connectivity index (χ4v) is 17.5. The van der Waals surface area contributed by atoms with E-state index < -0.39 is 225 Å². The Balaban J connectivity index is 0.936. The van der Waals surface area contributed by atoms with Crippen LogP contribution in [0.25, 0.3) is 10.9 Å². The molecular weight excluding hydrogens is 1910 g/mol. The molecule has 1 unspecified atom stereocenters. The van der Waals surface area contributed by atoms with Crippen molar-refractivity contribution in [2.45, 2.75) is 324 Å². The number of unbranched alkanes of at least 4 members (excludes halogenated alkanes) is 11. The lowest BCUT2D eigenvalue weighted by atomic mass is 9.90. The summed E-state index contributed by atoms with van der Waals surface area (Å²) < 4.78 is 10.9. The molecule has 47 nitrogen and oxygen atoms in total. The van der Waals surface area contributed by atoms with Gasteiger partial charge in [-0.1, -0.05) is 165 Å². The number of nitrogens with two attached hydrogens (primary N) is 3. The number of fused-ring (bicyclic) bond motifs is 2. The number of amides is 14. The zero-order valence-corrected chi connectivity index (χ0v) is 84.5. The number of nitrogens with zero attached hydrogens (tertiary/aromatic N) is 5. The third-order valence-corrected chi connectivity index (χ3v) is 25.7. The highest BCUT2D eigenvalue weighted by Crippen LogP contribution is 2.27. The summed E-state index contributed by atoms with van der Waals surface area (Å²) in [6, 6.07) is -1.21. The lowest BCUT2D eigenvalue weighted by molar-refractivity contribution is -0.143. The van der Waals surface area contributed by atoms with Gasteiger partial charge in [0.2, 0.25) is 82.7 Å². The lowest BCUT2D eigenvalue weighted by Crippen LogP contribution is -2.61. The second-order valence-corrected chi connectivity index (χ2v) is 37.8. The number of benzene rings is 2. The molecule has 0 radical (unpaired) electrons. The van der Waals surface area contributed by atoms with Crippen LogP contribution in [0, 0.1) is 17.2 Å². The van der Waals surface area contributed by atoms with E-state index in [1.54, 1.807) is 55.6 Å². The molecule has 3 aliphatic heterocycles. The first kappa shape index (κ1) is 121. The molecule has 4 aromatic rings. The summed E-state index contributed by atoms with van der Waals surface area (Å²) in [5.41, 5.74) is 19.3. The highest BCUT2D eigenvalue weighted by molar-refractivity contribution is 6.01. The minimum atomic E-state index is -1.89. The number of tetrazole rings is 1. The number of para-hydroxylation sites is 1. The van der Waals surface area contributed by atoms with E-state index >= 15 is 19.2 Å². The number of aromatic nitrogens is 5. The van der Waals surface area contributed by atoms with Gasteiger partial charge in [-0.25, -0.2) is 5.10 Å². The summed E-state index contributed by atoms with van der Waals surface area (Å²) in [6.45, 7) is 1.39. The van der Waals surface area contributed by atoms with E-state index in [0.29, 0.717) is 42.5 Å². The molecule has 5 heterocycles. The molecule has 3 aliphatic rings. The minimum Gasteiger partial charge on any atom is -0.481 e. The lowest BCUT2D eigenvalue weighted by Gasteiger charge is -2.31. The van der Waals surface area contributed by atoms with Gasteiger partial charge in [0.15, 0.2) is 11.7 Å². The average Bonchev–Trinajstić information content (AvgIpc) is 1.67. The van der Waals surface area contributed by atoms with Gasteiger partial charge in [0, 0.05) is 138 Å². The third kappa shape index (κ3) is 45.6. The quantitative estimate of drug-likeness (QED) is 0.0160. The summed E-state index contributed by atoms with van der Waals surface area (Å²) in [5.74, 6) is -15.2. The van der Waals surface area contributed by atoms with Gasteiger partial charge in [-0.2, -0.15) is 0 Å². The number of guanidine groups is 1. The molecule has 7 rings (SSSR count). The number of H-pyrrole nitrogens is 2. The molecule has 2 fully saturated rings. The molecule has 14 amide bonds. The summed E-state index contributed by atoms with van der Waals surface area (Å²) in [5, 5.41) is 87.5. The van der Waals surface area contributed by atoms with Crippen molar-refractivity contribution in [1.82, 2.24) is 99.6 Å². The van der Waals surface area contributed by atoms with Gasteiger partial charge in [-0.3, -0.25) is 96.7 Å². The van der Waals surface area contributed by atoms with Crippen molar-refractivity contribution < 1.29 is 111 Å². The smallest absolute Gasteiger partial charge is 0.303 e. The number of carbonyl (C=O) groups is 18. The molecule has 0 bridgehead atoms. The second-order valence-electron chi connectivity index (χ2n) is 37.8. The maximum atomic E-state index is 15.4. The van der Waals surface area contributed by atoms with Crippen molar-refractivity contribution in [3.05, 3.63) is 89.5 Å². The number of hydrogen-bond acceptors (Lipinski definition) is 28. The number of aliphatic hydroxyl groups is 2. The van der Waals surface area contributed by atoms with Gasteiger partial charge in [0.1, 0.15) is 84.4 Å². The van der Waals surface area contributed by atoms with Gasteiger partial charge < -0.3 is 121 Å². The fourth-order valence-electron chi connectivity index (χ4n) is 17.5. The normalized spacial score (nSPS) is 19.1. The average molecular weight is 2060 g/mol. The predicted molar refractivity (Wildman–Crippen MR) is 539 cm³/mol. The summed E-state index contributed by atoms with van der Waals surface area (Å²) in [7, 11) is 0. The van der Waals surface area contributed by atoms with Crippen LogP contribution < -0.4 is 86.3 Å². The van der Waals surface area contributed by atoms with Gasteiger partial charge in [0.25, 0.3) is 0 Å². The number of ketones is 3. The van der Waals surface area contributed by atoms with Crippen LogP contribution in [0.4, 0.5) is 0 Å². The van der Waals surface area contributed by atoms with Crippen molar-refractivity contribution in [3.63, 3.8) is 0 Å². The monoisotopic (exact) mass is 2060 g/mol. The Hall–Kier alpha value is -13.4. The third-order valence-electron chi connectivity index (χ3n) is 25.7. The number of primary amides is 1. The predicted octanol–water partition coefficient (Wildman–Crippen LogP) is 0.253. The number of aliphatic carboxylic acids is 1. The number of aromatic amines is 2. The van der Waals surface area contributed by atoms with Crippen LogP contribution in [0.15, 0.2) is 77.6 Å². The largest absolute Gasteiger partial charge is 0.481 e. The van der Waals surface area contributed by atoms with E-state index in [4.69, 9.17) is 32.1 Å². The van der Waals surface area contributed by atoms with Gasteiger partial charge in [0.05, 0.1) is 45.1 Å². The molecule has 0 aliphatic carbocycles. The molecule has 25 N–H and O–H groups in total. The van der Waals surface area contributed by atoms with Crippen LogP contribution in [0.3, 0.4) is 0 Å². The molecule has 147 heavy (non-hydrogen) atoms. The number of Topliss-reactive ketones (excluding diaryl/α,β-unsaturated/α-hetero) is 3. The van der Waals surface area contributed by atoms with Crippen molar-refractivity contribution in [2.75, 3.05) is 65.8 Å². The van der Waals surface area contributed by atoms with Crippen molar-refractivity contribution in [1.29, 1.82) is 5.41 Å². The maximum Gasteiger partial charge on any atom is 0.303 e. The molecular formula is C100H152N24O23. The zero-order chi connectivity index (χ0) is 107. The van der Waals surface area contributed by atoms with Crippen LogP contribution in [0.1, 0.15) is 250 Å². The van der Waals surface area contributed by atoms with E-state index in [2.05, 4.69) is 99.7 Å². The molecule has 14 atom stereocenters. The van der Waals surface area contributed by atoms with E-state index in [0.717, 1.165) is 66.6 Å². The first-order valence-corrected chi connectivity index (χ1v) is 51.3. The van der Waals surface area contributed by atoms with Crippen molar-refractivity contribution >= 4 is 129 Å². The highest BCUT2D eigenvalue weighted by atomic mass is 16.5. The van der Waals surface area contributed by atoms with Crippen LogP contribution in [-0.4, -0.2) is 302 Å². The standard InChI is InChI=1S/C100H152N24O23/c1-4-5-33-74(90(136)114-77-40-39-68(127)31-20-16-21-34-72(63(3)126)111-94(140)79(53-66-57-108-73-35-24-23-32-71(66)73)115-91(137)75(36-26-45-107-100(103)104)113-93(139)78(51-64-28-18-15-19-29-64)117-98(144)83-55-70(129)59-124(83)99(77)145)112-95(141)80(54-67-30-25-44-105-67)116-96(142)81(56-101)118-97(143)82(60-125)119-92(138)76(41-42-84(102)130)110-86(131)58-109-87(132)61-147-49-48-146-47-46-106-89(135)65(38-43-88(133)134)52-69(128)50-62(2)27-17-13-11-9-7-6-8-10-12-14-22-37-85-120-122-123-121-85/h15,18-19,23-24,28-30,32,35,44,57,62,65,70,72,74-83,108,125,129H,4-14,16-17,20-22,25-27,31,33-34,36-43,45-56,58-61,101H2,1-3H3,(H2,102,130)(H,106,135)(H,109,132)(H,110,131)(H,111,140)(H,112,141)(H,113,139)(H,114,136)(H,115,137)(H,116,142)(H,117,144)(H,118,143)(H,119,138)(H,133,134)(H4,103,104,107)(H,120,121,122,123)/t62?,65-,70-,72+,74+,75+,76+,77+,78-,79+,80+,81+,82-,83+/m1/s1. The summed E-state index contributed by atoms with van der Waals surface area (Å²) in [4.78, 5) is 259. The molecule has 0 spiro atoms. The van der Waals surface area contributed by atoms with E-state index in [1.807, 2.05) is 25.1 Å². The fraction of sp³-hybridized carbons (Fsp3) is 0.630. The number of nitrogens with one attached hydrogen (secondary N) is 16. The van der Waals surface area contributed by atoms with Crippen molar-refractivity contribution in [2.24, 2.45) is 34.0 Å². The van der Waals surface area contributed by atoms with E-state index in [1.165, 1.54) is 51.7 Å². The Morgan fingerprint density at radius 1 is 0.612 bits per heavy atom. The minimum absolute atomic E-state index is 0.00561. The Morgan fingerprint density at radius 2 is 1.25 bits per heavy atom. The number of carboxylic acids is 1. The number of carboxylic acid groups (broad SMARTS) is 1. The molecule has 47 heteroatoms. The van der Waals surface area contributed by atoms with E-state index in [9.17, 15) is 82.4 Å². The molecule has 2 saturated heterocycles. The zero-order valence-electron chi connectivity index (χ0n) is 84.5. The Kier molecular flexibility index (Phi) is 54.7. The number of aliphatic imine (C=N–C) groups is 1. The van der Waals surface area contributed by atoms with Crippen LogP contribution in [0.2, 0.25) is 0 Å². The number of rotatable bonds is 62. The van der Waals surface area contributed by atoms with Crippen molar-refractivity contribution in [3.8, 4) is 0 Å². The Labute approximate surface area is 855 Å². The van der Waals surface area contributed by atoms with Crippen LogP contribution in [-0.2, 0) is 115 Å².